The SMILES string of the molecule is [2H]c1c([2H])c([2H])c(-c2ccc(N(Cc3cc4c5c(c3)N(CCc3c(-c6ccccc6)cccc3-c3ccccc3)c3c([2H])c([2H])c(-c6ccc7c8cccc9cccc(c%10cccc6c%107)c98)c([2H])c3B5c3c([2H])c(-c5ccc6c7cccc8cccc(c9cccc5c96)c87)c([2H])c([2H])c3N4CCc3c(-c4ccccc4)cccc3-c3ccccc3)c3ccc(-c4c([2H])c([2H])c([2H])c([2H])c4[2H])cc3)cc2)c([2H])c1[2H]. The van der Waals surface area contributed by atoms with Crippen LogP contribution in [-0.4, -0.2) is 19.8 Å². The fourth-order valence-electron chi connectivity index (χ4n) is 21.0. The quantitative estimate of drug-likeness (QED) is 0.0482. The molecule has 3 nitrogen and oxygen atoms in total. The fourth-order valence-corrected chi connectivity index (χ4v) is 21.0. The van der Waals surface area contributed by atoms with Gasteiger partial charge in [-0.2, -0.15) is 0 Å². The Labute approximate surface area is 762 Å². The highest BCUT2D eigenvalue weighted by molar-refractivity contribution is 7.00. The lowest BCUT2D eigenvalue weighted by molar-refractivity contribution is 0.900. The van der Waals surface area contributed by atoms with Gasteiger partial charge in [0.05, 0.1) is 21.9 Å². The molecule has 594 valence electrons. The van der Waals surface area contributed by atoms with E-state index in [-0.39, 0.29) is 114 Å². The van der Waals surface area contributed by atoms with Crippen LogP contribution >= 0.6 is 0 Å². The van der Waals surface area contributed by atoms with Crippen LogP contribution in [0.2, 0.25) is 0 Å². The first-order valence-corrected chi connectivity index (χ1v) is 43.4. The van der Waals surface area contributed by atoms with Gasteiger partial charge < -0.3 is 14.7 Å². The number of nitrogens with zero attached hydrogens (tertiary/aromatic N) is 3. The van der Waals surface area contributed by atoms with E-state index in [4.69, 9.17) is 8.22 Å². The van der Waals surface area contributed by atoms with Gasteiger partial charge >= 0.3 is 0 Å². The second-order valence-corrected chi connectivity index (χ2v) is 33.3. The molecule has 0 aromatic heterocycles. The Bertz CT molecular complexity index is 8480. The zero-order valence-corrected chi connectivity index (χ0v) is 68.9. The third-order valence-electron chi connectivity index (χ3n) is 26.6. The molecular formula is C123H84BN3. The second kappa shape index (κ2) is 30.6. The maximum absolute atomic E-state index is 12.0. The van der Waals surface area contributed by atoms with Crippen LogP contribution in [0.5, 0.6) is 0 Å². The Morgan fingerprint density at radius 1 is 0.244 bits per heavy atom. The normalized spacial score (nSPS) is 14.1. The van der Waals surface area contributed by atoms with E-state index >= 15 is 0 Å². The number of fused-ring (bicyclic) bond motifs is 8. The van der Waals surface area contributed by atoms with Crippen molar-refractivity contribution in [1.82, 2.24) is 0 Å². The summed E-state index contributed by atoms with van der Waals surface area (Å²) < 4.78 is 159. The van der Waals surface area contributed by atoms with Crippen molar-refractivity contribution in [3.8, 4) is 89.0 Å². The molecule has 0 spiro atoms. The third kappa shape index (κ3) is 12.4. The zero-order valence-electron chi connectivity index (χ0n) is 84.9. The number of rotatable bonds is 18. The molecule has 2 aliphatic rings. The van der Waals surface area contributed by atoms with E-state index in [0.717, 1.165) is 142 Å². The maximum Gasteiger partial charge on any atom is 0.252 e. The van der Waals surface area contributed by atoms with Crippen molar-refractivity contribution < 1.29 is 21.9 Å². The summed E-state index contributed by atoms with van der Waals surface area (Å²) in [4.78, 5) is 6.37. The maximum atomic E-state index is 12.0. The average molecular weight is 1630 g/mol. The molecule has 0 bridgehead atoms. The van der Waals surface area contributed by atoms with Crippen LogP contribution < -0.4 is 31.1 Å². The van der Waals surface area contributed by atoms with Gasteiger partial charge in [0.2, 0.25) is 0 Å². The molecule has 4 heteroatoms. The Morgan fingerprint density at radius 3 is 0.945 bits per heavy atom. The van der Waals surface area contributed by atoms with Crippen molar-refractivity contribution in [2.75, 3.05) is 27.8 Å². The molecule has 2 heterocycles. The molecule has 0 N–H and O–H groups in total. The minimum absolute atomic E-state index is 0.0000927. The molecule has 0 atom stereocenters. The van der Waals surface area contributed by atoms with E-state index in [0.29, 0.717) is 79.8 Å². The summed E-state index contributed by atoms with van der Waals surface area (Å²) in [7, 11) is 0. The number of anilines is 6. The molecule has 0 radical (unpaired) electrons. The van der Waals surface area contributed by atoms with Gasteiger partial charge in [0.15, 0.2) is 0 Å². The summed E-state index contributed by atoms with van der Waals surface area (Å²) >= 11 is 0. The van der Waals surface area contributed by atoms with Gasteiger partial charge in [0.25, 0.3) is 6.71 Å². The van der Waals surface area contributed by atoms with Crippen molar-refractivity contribution in [3.05, 3.63) is 465 Å². The van der Waals surface area contributed by atoms with Crippen LogP contribution in [0.3, 0.4) is 0 Å². The molecule has 25 rings (SSSR count). The minimum atomic E-state index is -1.21. The van der Waals surface area contributed by atoms with Crippen molar-refractivity contribution >= 4 is 143 Å². The van der Waals surface area contributed by atoms with Gasteiger partial charge in [-0.05, 0) is 270 Å². The summed E-state index contributed by atoms with van der Waals surface area (Å²) in [5, 5.41) is 16.1. The van der Waals surface area contributed by atoms with E-state index in [1.807, 2.05) is 126 Å². The molecule has 127 heavy (non-hydrogen) atoms. The lowest BCUT2D eigenvalue weighted by atomic mass is 9.33. The summed E-state index contributed by atoms with van der Waals surface area (Å²) in [6.07, 6.45) is 0.623. The Morgan fingerprint density at radius 2 is 0.575 bits per heavy atom. The minimum Gasteiger partial charge on any atom is -0.342 e. The molecular weight excluding hydrogens is 1530 g/mol. The largest absolute Gasteiger partial charge is 0.342 e. The molecule has 0 saturated carbocycles. The van der Waals surface area contributed by atoms with E-state index in [2.05, 4.69) is 216 Å². The number of hydrogen-bond acceptors (Lipinski definition) is 3. The highest BCUT2D eigenvalue weighted by Gasteiger charge is 2.44. The Kier molecular flexibility index (Phi) is 14.2. The number of hydrogen-bond donors (Lipinski definition) is 0. The Hall–Kier alpha value is -15.9. The van der Waals surface area contributed by atoms with Gasteiger partial charge in [0, 0.05) is 53.8 Å². The van der Waals surface area contributed by atoms with Crippen LogP contribution in [0.1, 0.15) is 38.6 Å². The molecule has 2 aliphatic heterocycles. The fraction of sp³-hybridized carbons (Fsp3) is 0.0407. The first kappa shape index (κ1) is 59.0. The Balaban J connectivity index is 0.798. The van der Waals surface area contributed by atoms with Crippen LogP contribution in [0.15, 0.2) is 449 Å². The van der Waals surface area contributed by atoms with Crippen LogP contribution in [0.4, 0.5) is 34.1 Å². The van der Waals surface area contributed by atoms with E-state index in [1.165, 1.54) is 0 Å². The van der Waals surface area contributed by atoms with Crippen LogP contribution in [0.25, 0.3) is 175 Å². The van der Waals surface area contributed by atoms with Gasteiger partial charge in [-0.25, -0.2) is 0 Å². The van der Waals surface area contributed by atoms with Gasteiger partial charge in [0.1, 0.15) is 0 Å². The second-order valence-electron chi connectivity index (χ2n) is 33.3. The highest BCUT2D eigenvalue weighted by Crippen LogP contribution is 2.50. The van der Waals surface area contributed by atoms with Crippen LogP contribution in [-0.2, 0) is 19.4 Å². The topological polar surface area (TPSA) is 9.72 Å². The van der Waals surface area contributed by atoms with Crippen molar-refractivity contribution in [3.63, 3.8) is 0 Å². The summed E-state index contributed by atoms with van der Waals surface area (Å²) in [6, 6.07) is 113. The average Bonchev–Trinajstić information content (AvgIpc) is 0.677. The monoisotopic (exact) mass is 1630 g/mol. The van der Waals surface area contributed by atoms with E-state index in [9.17, 15) is 13.7 Å². The van der Waals surface area contributed by atoms with E-state index in [1.54, 1.807) is 24.3 Å². The highest BCUT2D eigenvalue weighted by atomic mass is 15.2. The lowest BCUT2D eigenvalue weighted by Gasteiger charge is -2.45. The molecule has 0 fully saturated rings. The summed E-state index contributed by atoms with van der Waals surface area (Å²) in [5.74, 6) is 0. The summed E-state index contributed by atoms with van der Waals surface area (Å²) in [6.45, 7) is -0.966. The van der Waals surface area contributed by atoms with Crippen LogP contribution in [0, 0.1) is 0 Å². The predicted octanol–water partition coefficient (Wildman–Crippen LogP) is 30.4. The van der Waals surface area contributed by atoms with Crippen molar-refractivity contribution in [2.45, 2.75) is 19.4 Å². The predicted molar refractivity (Wildman–Crippen MR) is 543 cm³/mol. The molecule has 0 aliphatic carbocycles. The molecule has 23 aromatic rings. The van der Waals surface area contributed by atoms with Gasteiger partial charge in [-0.1, -0.05) is 400 Å². The van der Waals surface area contributed by atoms with E-state index < -0.39 is 43.0 Å². The molecule has 23 aromatic carbocycles. The first-order valence-electron chi connectivity index (χ1n) is 51.4. The first-order chi connectivity index (χ1) is 69.7. The zero-order chi connectivity index (χ0) is 97.5. The standard InChI is InChI=1S/C123H84BN3/c1-7-27-81(28-8-1)83-55-61-93(62-56-83)127(94-63-57-84(58-64-94)82-29-9-2-10-30-82)79-80-75-117-123-118(76-80)126(74-72-102-97(87-35-15-5-16-36-87)45-24-46-98(102)88-37-17-6-18-38-88)116-70-60-92(100-66-68-112-108-50-22-42-90-40-20-48-106(120(90)108)110-54-26-52-104(100)122(110)112)78-114(116)124(123)113-77-91(99-65-67-111-107-49-21-41-89-39-19-47-105(119(89)107)109-53-25-51-103(99)121(109)111)59-69-115(113)125(117)73-71-101-95(85-31-11-3-12-32-85)43-23-44-96(101)86-33-13-4-14-34-86/h1-70,75-78H,71-74,79H2/i1D,2D,7D,8D,9D,10D,27D,28D,29D,30D,59D,60D,69D,70D,77D,78D. The smallest absolute Gasteiger partial charge is 0.252 e. The lowest BCUT2D eigenvalue weighted by Crippen LogP contribution is -2.62. The van der Waals surface area contributed by atoms with Gasteiger partial charge in [-0.15, -0.1) is 0 Å². The van der Waals surface area contributed by atoms with Crippen molar-refractivity contribution in [2.24, 2.45) is 0 Å². The van der Waals surface area contributed by atoms with Gasteiger partial charge in [-0.3, -0.25) is 0 Å². The molecule has 0 amide bonds. The number of benzene rings is 23. The third-order valence-corrected chi connectivity index (χ3v) is 26.6. The van der Waals surface area contributed by atoms with Crippen molar-refractivity contribution in [1.29, 1.82) is 0 Å². The molecule has 0 unspecified atom stereocenters. The molecule has 0 saturated heterocycles. The summed E-state index contributed by atoms with van der Waals surface area (Å²) in [5.41, 5.74) is 16.8.